The first kappa shape index (κ1) is 19.8. The molecule has 0 atom stereocenters. The zero-order chi connectivity index (χ0) is 19.8. The van der Waals surface area contributed by atoms with Gasteiger partial charge in [0, 0.05) is 16.1 Å². The van der Waals surface area contributed by atoms with Crippen LogP contribution in [0, 0.1) is 13.8 Å². The van der Waals surface area contributed by atoms with Gasteiger partial charge in [0.1, 0.15) is 4.90 Å². The van der Waals surface area contributed by atoms with E-state index < -0.39 is 10.1 Å². The van der Waals surface area contributed by atoms with Crippen molar-refractivity contribution in [3.63, 3.8) is 0 Å². The topological polar surface area (TPSA) is 89.1 Å². The fourth-order valence-corrected chi connectivity index (χ4v) is 4.59. The fraction of sp³-hybridized carbons (Fsp3) is 0.111. The number of benzene rings is 2. The quantitative estimate of drug-likeness (QED) is 0.524. The van der Waals surface area contributed by atoms with Gasteiger partial charge in [-0.1, -0.05) is 33.6 Å². The molecule has 3 rings (SSSR count). The minimum absolute atomic E-state index is 0.0425. The second-order valence-electron chi connectivity index (χ2n) is 5.83. The predicted octanol–water partition coefficient (Wildman–Crippen LogP) is 4.35. The number of aromatic amines is 1. The van der Waals surface area contributed by atoms with Crippen molar-refractivity contribution in [3.05, 3.63) is 72.9 Å². The smallest absolute Gasteiger partial charge is 0.339 e. The molecular formula is C18H14Br2N2O4S. The van der Waals surface area contributed by atoms with Crippen molar-refractivity contribution in [2.45, 2.75) is 18.7 Å². The number of hydrogen-bond acceptors (Lipinski definition) is 5. The number of aromatic nitrogens is 2. The van der Waals surface area contributed by atoms with E-state index in [1.807, 2.05) is 13.8 Å². The number of rotatable bonds is 4. The van der Waals surface area contributed by atoms with Crippen molar-refractivity contribution in [3.8, 4) is 17.0 Å². The molecule has 0 spiro atoms. The Hall–Kier alpha value is -1.97. The highest BCUT2D eigenvalue weighted by Gasteiger charge is 2.24. The molecule has 0 fully saturated rings. The summed E-state index contributed by atoms with van der Waals surface area (Å²) < 4.78 is 32.2. The van der Waals surface area contributed by atoms with E-state index in [1.54, 1.807) is 18.2 Å². The Bertz CT molecular complexity index is 1150. The Morgan fingerprint density at radius 2 is 1.70 bits per heavy atom. The van der Waals surface area contributed by atoms with E-state index in [1.165, 1.54) is 24.3 Å². The highest BCUT2D eigenvalue weighted by molar-refractivity contribution is 9.11. The second kappa shape index (κ2) is 7.57. The zero-order valence-corrected chi connectivity index (χ0v) is 18.3. The number of H-pyrrole nitrogens is 1. The lowest BCUT2D eigenvalue weighted by molar-refractivity contribution is 0.485. The minimum Gasteiger partial charge on any atom is -0.377 e. The summed E-state index contributed by atoms with van der Waals surface area (Å²) in [6.45, 7) is 3.68. The van der Waals surface area contributed by atoms with E-state index in [4.69, 9.17) is 4.18 Å². The molecule has 2 aromatic carbocycles. The summed E-state index contributed by atoms with van der Waals surface area (Å²) >= 11 is 6.85. The van der Waals surface area contributed by atoms with Crippen molar-refractivity contribution in [2.24, 2.45) is 0 Å². The lowest BCUT2D eigenvalue weighted by atomic mass is 10.1. The average Bonchev–Trinajstić information content (AvgIpc) is 2.63. The predicted molar refractivity (Wildman–Crippen MR) is 109 cm³/mol. The van der Waals surface area contributed by atoms with Crippen molar-refractivity contribution in [2.75, 3.05) is 0 Å². The molecular weight excluding hydrogens is 500 g/mol. The Morgan fingerprint density at radius 3 is 2.30 bits per heavy atom. The maximum absolute atomic E-state index is 12.8. The van der Waals surface area contributed by atoms with Crippen molar-refractivity contribution >= 4 is 42.0 Å². The molecule has 0 amide bonds. The van der Waals surface area contributed by atoms with Crippen LogP contribution >= 0.6 is 31.9 Å². The molecule has 1 N–H and O–H groups in total. The van der Waals surface area contributed by atoms with Crippen LogP contribution in [0.15, 0.2) is 61.1 Å². The van der Waals surface area contributed by atoms with Gasteiger partial charge in [0.15, 0.2) is 5.75 Å². The summed E-state index contributed by atoms with van der Waals surface area (Å²) in [5.74, 6) is 0.0934. The van der Waals surface area contributed by atoms with Gasteiger partial charge in [-0.2, -0.15) is 13.5 Å². The molecule has 1 heterocycles. The van der Waals surface area contributed by atoms with Crippen LogP contribution in [0.5, 0.6) is 5.75 Å². The summed E-state index contributed by atoms with van der Waals surface area (Å²) in [5.41, 5.74) is 2.11. The zero-order valence-electron chi connectivity index (χ0n) is 14.3. The highest BCUT2D eigenvalue weighted by Crippen LogP contribution is 2.42. The molecule has 3 aromatic rings. The number of hydrogen-bond donors (Lipinski definition) is 1. The van der Waals surface area contributed by atoms with Crippen molar-refractivity contribution in [1.29, 1.82) is 0 Å². The average molecular weight is 514 g/mol. The van der Waals surface area contributed by atoms with Crippen LogP contribution in [-0.2, 0) is 10.1 Å². The Kier molecular flexibility index (Phi) is 5.55. The third-order valence-electron chi connectivity index (χ3n) is 3.86. The van der Waals surface area contributed by atoms with Gasteiger partial charge in [-0.15, -0.1) is 0 Å². The highest BCUT2D eigenvalue weighted by atomic mass is 79.9. The molecule has 0 aliphatic rings. The molecule has 0 aliphatic heterocycles. The Balaban J connectivity index is 2.16. The fourth-order valence-electron chi connectivity index (χ4n) is 2.32. The number of nitrogens with zero attached hydrogens (tertiary/aromatic N) is 1. The van der Waals surface area contributed by atoms with Gasteiger partial charge in [-0.3, -0.25) is 4.79 Å². The van der Waals surface area contributed by atoms with Crippen LogP contribution in [0.2, 0.25) is 0 Å². The molecule has 9 heteroatoms. The largest absolute Gasteiger partial charge is 0.377 e. The first-order chi connectivity index (χ1) is 12.7. The number of nitrogens with one attached hydrogen (secondary N) is 1. The van der Waals surface area contributed by atoms with Gasteiger partial charge >= 0.3 is 10.1 Å². The SMILES string of the molecule is Cc1ccc(S(=O)(=O)Oc2c(-c3ccc(=O)[nH]n3)cc(Br)c(C)c2Br)cc1. The Morgan fingerprint density at radius 1 is 1.04 bits per heavy atom. The van der Waals surface area contributed by atoms with Crippen molar-refractivity contribution in [1.82, 2.24) is 10.2 Å². The van der Waals surface area contributed by atoms with Gasteiger partial charge in [0.05, 0.1) is 10.2 Å². The van der Waals surface area contributed by atoms with Crippen LogP contribution < -0.4 is 9.74 Å². The molecule has 0 unspecified atom stereocenters. The lowest BCUT2D eigenvalue weighted by Gasteiger charge is -2.16. The molecule has 0 bridgehead atoms. The molecule has 0 radical (unpaired) electrons. The molecule has 0 saturated carbocycles. The monoisotopic (exact) mass is 512 g/mol. The molecule has 0 aliphatic carbocycles. The van der Waals surface area contributed by atoms with Gasteiger partial charge in [-0.25, -0.2) is 5.10 Å². The van der Waals surface area contributed by atoms with Gasteiger partial charge in [0.25, 0.3) is 5.56 Å². The van der Waals surface area contributed by atoms with Crippen LogP contribution in [0.25, 0.3) is 11.3 Å². The lowest BCUT2D eigenvalue weighted by Crippen LogP contribution is -2.12. The van der Waals surface area contributed by atoms with E-state index in [9.17, 15) is 13.2 Å². The van der Waals surface area contributed by atoms with Gasteiger partial charge < -0.3 is 4.18 Å². The summed E-state index contributed by atoms with van der Waals surface area (Å²) in [7, 11) is -4.07. The first-order valence-corrected chi connectivity index (χ1v) is 10.7. The van der Waals surface area contributed by atoms with Crippen molar-refractivity contribution < 1.29 is 12.6 Å². The van der Waals surface area contributed by atoms with E-state index in [0.29, 0.717) is 15.7 Å². The molecule has 0 saturated heterocycles. The van der Waals surface area contributed by atoms with Gasteiger partial charge in [0.2, 0.25) is 0 Å². The summed E-state index contributed by atoms with van der Waals surface area (Å²) in [6, 6.07) is 10.9. The third-order valence-corrected chi connectivity index (χ3v) is 6.87. The van der Waals surface area contributed by atoms with Crippen LogP contribution in [-0.4, -0.2) is 18.6 Å². The maximum atomic E-state index is 12.8. The third kappa shape index (κ3) is 4.15. The van der Waals surface area contributed by atoms with E-state index in [2.05, 4.69) is 42.1 Å². The summed E-state index contributed by atoms with van der Waals surface area (Å²) in [6.07, 6.45) is 0. The number of aryl methyl sites for hydroxylation is 1. The van der Waals surface area contributed by atoms with E-state index >= 15 is 0 Å². The van der Waals surface area contributed by atoms with Gasteiger partial charge in [-0.05, 0) is 59.6 Å². The molecule has 6 nitrogen and oxygen atoms in total. The maximum Gasteiger partial charge on any atom is 0.339 e. The molecule has 27 heavy (non-hydrogen) atoms. The number of halogens is 2. The summed E-state index contributed by atoms with van der Waals surface area (Å²) in [4.78, 5) is 11.3. The Labute approximate surface area is 173 Å². The van der Waals surface area contributed by atoms with E-state index in [-0.39, 0.29) is 16.2 Å². The second-order valence-corrected chi connectivity index (χ2v) is 9.02. The van der Waals surface area contributed by atoms with E-state index in [0.717, 1.165) is 15.6 Å². The summed E-state index contributed by atoms with van der Waals surface area (Å²) in [5, 5.41) is 6.32. The van der Waals surface area contributed by atoms with Crippen LogP contribution in [0.1, 0.15) is 11.1 Å². The first-order valence-electron chi connectivity index (χ1n) is 7.75. The normalized spacial score (nSPS) is 11.4. The minimum atomic E-state index is -4.07. The molecule has 140 valence electrons. The molecule has 1 aromatic heterocycles. The van der Waals surface area contributed by atoms with Crippen LogP contribution in [0.4, 0.5) is 0 Å². The van der Waals surface area contributed by atoms with Crippen LogP contribution in [0.3, 0.4) is 0 Å². The standard InChI is InChI=1S/C18H14Br2N2O4S/c1-10-3-5-12(6-4-10)27(24,25)26-18-13(9-14(19)11(2)17(18)20)15-7-8-16(23)22-21-15/h3-9H,1-2H3,(H,22,23).